The Labute approximate surface area is 132 Å². The highest BCUT2D eigenvalue weighted by molar-refractivity contribution is 6.31. The summed E-state index contributed by atoms with van der Waals surface area (Å²) in [6.45, 7) is 1.48. The summed E-state index contributed by atoms with van der Waals surface area (Å²) in [5.74, 6) is 0.215. The lowest BCUT2D eigenvalue weighted by Gasteiger charge is -2.23. The third-order valence-corrected chi connectivity index (χ3v) is 3.38. The molecular formula is C15H14ClFN4O. The van der Waals surface area contributed by atoms with Gasteiger partial charge in [-0.25, -0.2) is 4.39 Å². The predicted octanol–water partition coefficient (Wildman–Crippen LogP) is 2.79. The molecule has 2 rings (SSSR count). The van der Waals surface area contributed by atoms with E-state index in [1.165, 1.54) is 12.1 Å². The van der Waals surface area contributed by atoms with E-state index in [9.17, 15) is 4.39 Å². The Hall–Kier alpha value is -2.23. The highest BCUT2D eigenvalue weighted by atomic mass is 35.5. The molecule has 0 fully saturated rings. The minimum Gasteiger partial charge on any atom is -0.383 e. The molecule has 0 bridgehead atoms. The maximum Gasteiger partial charge on any atom is 0.163 e. The Balaban J connectivity index is 2.23. The van der Waals surface area contributed by atoms with E-state index < -0.39 is 0 Å². The summed E-state index contributed by atoms with van der Waals surface area (Å²) in [4.78, 5) is 1.90. The van der Waals surface area contributed by atoms with Crippen molar-refractivity contribution in [3.8, 4) is 6.07 Å². The number of ether oxygens (including phenoxy) is 1. The fraction of sp³-hybridized carbons (Fsp3) is 0.267. The first-order chi connectivity index (χ1) is 10.6. The summed E-state index contributed by atoms with van der Waals surface area (Å²) < 4.78 is 18.2. The van der Waals surface area contributed by atoms with Crippen molar-refractivity contribution in [1.82, 2.24) is 10.2 Å². The van der Waals surface area contributed by atoms with Gasteiger partial charge in [0.05, 0.1) is 6.61 Å². The molecule has 0 saturated carbocycles. The van der Waals surface area contributed by atoms with Gasteiger partial charge in [0.15, 0.2) is 11.5 Å². The maximum atomic E-state index is 13.1. The van der Waals surface area contributed by atoms with Crippen molar-refractivity contribution in [2.75, 3.05) is 25.2 Å². The van der Waals surface area contributed by atoms with Gasteiger partial charge < -0.3 is 9.64 Å². The van der Waals surface area contributed by atoms with Gasteiger partial charge in [-0.05, 0) is 29.8 Å². The number of nitriles is 1. The van der Waals surface area contributed by atoms with Gasteiger partial charge in [0.2, 0.25) is 0 Å². The maximum absolute atomic E-state index is 13.1. The zero-order valence-electron chi connectivity index (χ0n) is 12.0. The van der Waals surface area contributed by atoms with Crippen LogP contribution in [-0.4, -0.2) is 30.5 Å². The van der Waals surface area contributed by atoms with Gasteiger partial charge in [-0.2, -0.15) is 5.26 Å². The van der Waals surface area contributed by atoms with E-state index in [4.69, 9.17) is 21.6 Å². The molecule has 0 atom stereocenters. The van der Waals surface area contributed by atoms with Crippen LogP contribution in [0.25, 0.3) is 0 Å². The SMILES string of the molecule is COCCN(Cc1ccc(F)cc1Cl)c1ccc(C#N)nn1. The molecule has 0 unspecified atom stereocenters. The lowest BCUT2D eigenvalue weighted by Crippen LogP contribution is -2.28. The molecule has 0 aliphatic carbocycles. The molecule has 114 valence electrons. The van der Waals surface area contributed by atoms with Crippen LogP contribution in [0.1, 0.15) is 11.3 Å². The molecule has 0 radical (unpaired) electrons. The summed E-state index contributed by atoms with van der Waals surface area (Å²) in [5, 5.41) is 17.0. The Morgan fingerprint density at radius 1 is 1.32 bits per heavy atom. The zero-order valence-corrected chi connectivity index (χ0v) is 12.7. The molecule has 22 heavy (non-hydrogen) atoms. The quantitative estimate of drug-likeness (QED) is 0.819. The fourth-order valence-electron chi connectivity index (χ4n) is 1.89. The zero-order chi connectivity index (χ0) is 15.9. The molecule has 7 heteroatoms. The Morgan fingerprint density at radius 3 is 2.73 bits per heavy atom. The van der Waals surface area contributed by atoms with Crippen molar-refractivity contribution >= 4 is 17.4 Å². The van der Waals surface area contributed by atoms with Crippen molar-refractivity contribution in [3.05, 3.63) is 52.4 Å². The second-order valence-electron chi connectivity index (χ2n) is 4.54. The number of hydrogen-bond donors (Lipinski definition) is 0. The molecule has 1 aromatic carbocycles. The fourth-order valence-corrected chi connectivity index (χ4v) is 2.11. The van der Waals surface area contributed by atoms with Crippen LogP contribution in [0.3, 0.4) is 0 Å². The highest BCUT2D eigenvalue weighted by Crippen LogP contribution is 2.21. The van der Waals surface area contributed by atoms with Crippen LogP contribution in [0.2, 0.25) is 5.02 Å². The number of hydrogen-bond acceptors (Lipinski definition) is 5. The monoisotopic (exact) mass is 320 g/mol. The van der Waals surface area contributed by atoms with Gasteiger partial charge in [0.1, 0.15) is 11.9 Å². The number of anilines is 1. The lowest BCUT2D eigenvalue weighted by atomic mass is 10.2. The molecule has 0 aliphatic heterocycles. The summed E-state index contributed by atoms with van der Waals surface area (Å²) in [7, 11) is 1.60. The van der Waals surface area contributed by atoms with Crippen LogP contribution in [0.5, 0.6) is 0 Å². The van der Waals surface area contributed by atoms with E-state index >= 15 is 0 Å². The number of rotatable bonds is 6. The average Bonchev–Trinajstić information content (AvgIpc) is 2.53. The molecule has 2 aromatic rings. The minimum atomic E-state index is -0.379. The molecule has 1 heterocycles. The number of aromatic nitrogens is 2. The summed E-state index contributed by atoms with van der Waals surface area (Å²) in [5.41, 5.74) is 1.01. The van der Waals surface area contributed by atoms with Crippen molar-refractivity contribution in [2.24, 2.45) is 0 Å². The Morgan fingerprint density at radius 2 is 2.14 bits per heavy atom. The minimum absolute atomic E-state index is 0.246. The number of nitrogens with zero attached hydrogens (tertiary/aromatic N) is 4. The van der Waals surface area contributed by atoms with Gasteiger partial charge in [0, 0.05) is 25.2 Å². The summed E-state index contributed by atoms with van der Waals surface area (Å²) in [6.07, 6.45) is 0. The molecule has 5 nitrogen and oxygen atoms in total. The first-order valence-corrected chi connectivity index (χ1v) is 6.93. The van der Waals surface area contributed by atoms with Crippen LogP contribution in [0.4, 0.5) is 10.2 Å². The van der Waals surface area contributed by atoms with Crippen LogP contribution in [0, 0.1) is 17.1 Å². The van der Waals surface area contributed by atoms with Crippen molar-refractivity contribution in [2.45, 2.75) is 6.54 Å². The second kappa shape index (κ2) is 7.69. The molecule has 0 aliphatic rings. The first kappa shape index (κ1) is 16.1. The van der Waals surface area contributed by atoms with Crippen LogP contribution in [0.15, 0.2) is 30.3 Å². The average molecular weight is 321 g/mol. The molecule has 0 amide bonds. The van der Waals surface area contributed by atoms with E-state index in [0.717, 1.165) is 5.56 Å². The van der Waals surface area contributed by atoms with Gasteiger partial charge in [-0.15, -0.1) is 10.2 Å². The van der Waals surface area contributed by atoms with E-state index in [1.807, 2.05) is 11.0 Å². The molecular weight excluding hydrogens is 307 g/mol. The summed E-state index contributed by atoms with van der Waals surface area (Å²) >= 11 is 6.07. The van der Waals surface area contributed by atoms with Gasteiger partial charge >= 0.3 is 0 Å². The standard InChI is InChI=1S/C15H14ClFN4O/c1-22-7-6-21(15-5-4-13(9-18)19-20-15)10-11-2-3-12(17)8-14(11)16/h2-5,8H,6-7,10H2,1H3. The smallest absolute Gasteiger partial charge is 0.163 e. The third-order valence-electron chi connectivity index (χ3n) is 3.03. The lowest BCUT2D eigenvalue weighted by molar-refractivity contribution is 0.204. The summed E-state index contributed by atoms with van der Waals surface area (Å²) in [6, 6.07) is 9.49. The van der Waals surface area contributed by atoms with Crippen LogP contribution in [-0.2, 0) is 11.3 Å². The first-order valence-electron chi connectivity index (χ1n) is 6.55. The van der Waals surface area contributed by atoms with Gasteiger partial charge in [-0.3, -0.25) is 0 Å². The topological polar surface area (TPSA) is 62.0 Å². The van der Waals surface area contributed by atoms with Crippen molar-refractivity contribution in [3.63, 3.8) is 0 Å². The van der Waals surface area contributed by atoms with E-state index in [1.54, 1.807) is 25.3 Å². The van der Waals surface area contributed by atoms with E-state index in [2.05, 4.69) is 10.2 Å². The van der Waals surface area contributed by atoms with E-state index in [-0.39, 0.29) is 11.5 Å². The predicted molar refractivity (Wildman–Crippen MR) is 81.1 cm³/mol. The molecule has 0 N–H and O–H groups in total. The molecule has 0 spiro atoms. The normalized spacial score (nSPS) is 10.3. The molecule has 0 saturated heterocycles. The number of benzene rings is 1. The van der Waals surface area contributed by atoms with Crippen LogP contribution < -0.4 is 4.90 Å². The largest absolute Gasteiger partial charge is 0.383 e. The Kier molecular flexibility index (Phi) is 5.64. The highest BCUT2D eigenvalue weighted by Gasteiger charge is 2.12. The van der Waals surface area contributed by atoms with Crippen molar-refractivity contribution < 1.29 is 9.13 Å². The second-order valence-corrected chi connectivity index (χ2v) is 4.95. The van der Waals surface area contributed by atoms with Crippen molar-refractivity contribution in [1.29, 1.82) is 5.26 Å². The van der Waals surface area contributed by atoms with Gasteiger partial charge in [0.25, 0.3) is 0 Å². The third kappa shape index (κ3) is 4.13. The number of methoxy groups -OCH3 is 1. The van der Waals surface area contributed by atoms with E-state index in [0.29, 0.717) is 30.5 Å². The number of halogens is 2. The molecule has 1 aromatic heterocycles. The van der Waals surface area contributed by atoms with Gasteiger partial charge in [-0.1, -0.05) is 17.7 Å². The Bertz CT molecular complexity index is 672. The van der Waals surface area contributed by atoms with Crippen LogP contribution >= 0.6 is 11.6 Å².